The molecule has 0 heterocycles. The minimum Gasteiger partial charge on any atom is -0.325 e. The fourth-order valence-corrected chi connectivity index (χ4v) is 2.81. The molecule has 0 saturated heterocycles. The van der Waals surface area contributed by atoms with E-state index in [0.29, 0.717) is 16.5 Å². The van der Waals surface area contributed by atoms with E-state index in [-0.39, 0.29) is 17.1 Å². The molecule has 7 heteroatoms. The summed E-state index contributed by atoms with van der Waals surface area (Å²) in [6.45, 7) is 1.32. The SMILES string of the molecule is CC(=O)CC(=O)Nc1cccc2c(S(N)(=O)=O)cccc12. The molecular formula is C14H14N2O4S. The highest BCUT2D eigenvalue weighted by molar-refractivity contribution is 7.89. The van der Waals surface area contributed by atoms with Gasteiger partial charge >= 0.3 is 0 Å². The van der Waals surface area contributed by atoms with Crippen molar-refractivity contribution in [3.8, 4) is 0 Å². The maximum atomic E-state index is 11.7. The van der Waals surface area contributed by atoms with E-state index < -0.39 is 15.9 Å². The van der Waals surface area contributed by atoms with Crippen molar-refractivity contribution in [2.45, 2.75) is 18.2 Å². The minimum atomic E-state index is -3.86. The van der Waals surface area contributed by atoms with Crippen molar-refractivity contribution in [2.75, 3.05) is 5.32 Å². The summed E-state index contributed by atoms with van der Waals surface area (Å²) in [6.07, 6.45) is -0.231. The van der Waals surface area contributed by atoms with Crippen LogP contribution in [-0.2, 0) is 19.6 Å². The summed E-state index contributed by atoms with van der Waals surface area (Å²) in [5.74, 6) is -0.700. The summed E-state index contributed by atoms with van der Waals surface area (Å²) in [6, 6.07) is 9.47. The molecule has 3 N–H and O–H groups in total. The summed E-state index contributed by atoms with van der Waals surface area (Å²) < 4.78 is 23.1. The van der Waals surface area contributed by atoms with Crippen LogP contribution in [0.5, 0.6) is 0 Å². The predicted octanol–water partition coefficient (Wildman–Crippen LogP) is 1.40. The van der Waals surface area contributed by atoms with Gasteiger partial charge in [-0.15, -0.1) is 0 Å². The van der Waals surface area contributed by atoms with Crippen LogP contribution in [0.1, 0.15) is 13.3 Å². The van der Waals surface area contributed by atoms with Crippen molar-refractivity contribution < 1.29 is 18.0 Å². The van der Waals surface area contributed by atoms with Crippen LogP contribution in [0.25, 0.3) is 10.8 Å². The van der Waals surface area contributed by atoms with Crippen LogP contribution >= 0.6 is 0 Å². The Balaban J connectivity index is 2.53. The molecule has 2 aromatic rings. The van der Waals surface area contributed by atoms with Gasteiger partial charge in [0.15, 0.2) is 0 Å². The van der Waals surface area contributed by atoms with E-state index in [1.54, 1.807) is 30.3 Å². The van der Waals surface area contributed by atoms with E-state index in [2.05, 4.69) is 5.32 Å². The van der Waals surface area contributed by atoms with Gasteiger partial charge in [0.1, 0.15) is 5.78 Å². The van der Waals surface area contributed by atoms with Crippen LogP contribution in [-0.4, -0.2) is 20.1 Å². The second kappa shape index (κ2) is 5.63. The van der Waals surface area contributed by atoms with Crippen molar-refractivity contribution in [2.24, 2.45) is 5.14 Å². The summed E-state index contributed by atoms with van der Waals surface area (Å²) in [7, 11) is -3.86. The Kier molecular flexibility index (Phi) is 4.06. The fourth-order valence-electron chi connectivity index (χ4n) is 2.06. The first kappa shape index (κ1) is 15.1. The van der Waals surface area contributed by atoms with E-state index in [4.69, 9.17) is 5.14 Å². The number of fused-ring (bicyclic) bond motifs is 1. The predicted molar refractivity (Wildman–Crippen MR) is 79.2 cm³/mol. The number of hydrogen-bond acceptors (Lipinski definition) is 4. The quantitative estimate of drug-likeness (QED) is 0.833. The largest absolute Gasteiger partial charge is 0.325 e. The normalized spacial score (nSPS) is 11.3. The maximum Gasteiger partial charge on any atom is 0.238 e. The number of ketones is 1. The zero-order valence-corrected chi connectivity index (χ0v) is 12.1. The first-order valence-corrected chi connectivity index (χ1v) is 7.67. The zero-order chi connectivity index (χ0) is 15.6. The second-order valence-corrected chi connectivity index (χ2v) is 6.16. The Morgan fingerprint density at radius 1 is 1.10 bits per heavy atom. The molecule has 2 rings (SSSR count). The number of amides is 1. The number of nitrogens with one attached hydrogen (secondary N) is 1. The number of carbonyl (C=O) groups excluding carboxylic acids is 2. The van der Waals surface area contributed by atoms with Crippen LogP contribution in [0.15, 0.2) is 41.3 Å². The smallest absolute Gasteiger partial charge is 0.238 e. The number of anilines is 1. The van der Waals surface area contributed by atoms with E-state index in [1.165, 1.54) is 13.0 Å². The number of primary sulfonamides is 1. The first-order valence-electron chi connectivity index (χ1n) is 6.13. The van der Waals surface area contributed by atoms with E-state index >= 15 is 0 Å². The van der Waals surface area contributed by atoms with Gasteiger partial charge in [-0.05, 0) is 19.1 Å². The Labute approximate surface area is 122 Å². The Morgan fingerprint density at radius 2 is 1.71 bits per heavy atom. The third-order valence-corrected chi connectivity index (χ3v) is 3.84. The lowest BCUT2D eigenvalue weighted by atomic mass is 10.1. The lowest BCUT2D eigenvalue weighted by Crippen LogP contribution is -2.15. The van der Waals surface area contributed by atoms with Crippen LogP contribution in [0, 0.1) is 0 Å². The Morgan fingerprint density at radius 3 is 2.33 bits per heavy atom. The lowest BCUT2D eigenvalue weighted by molar-refractivity contribution is -0.124. The number of benzene rings is 2. The molecule has 0 saturated carbocycles. The average molecular weight is 306 g/mol. The highest BCUT2D eigenvalue weighted by atomic mass is 32.2. The number of hydrogen-bond donors (Lipinski definition) is 2. The zero-order valence-electron chi connectivity index (χ0n) is 11.3. The number of Topliss-reactive ketones (excluding diaryl/α,β-unsaturated/α-hetero) is 1. The third-order valence-electron chi connectivity index (χ3n) is 2.87. The van der Waals surface area contributed by atoms with Gasteiger partial charge in [0.25, 0.3) is 0 Å². The highest BCUT2D eigenvalue weighted by Gasteiger charge is 2.14. The number of nitrogens with two attached hydrogens (primary N) is 1. The van der Waals surface area contributed by atoms with Gasteiger partial charge in [-0.3, -0.25) is 9.59 Å². The number of rotatable bonds is 4. The molecule has 0 aliphatic heterocycles. The van der Waals surface area contributed by atoms with Crippen LogP contribution in [0.3, 0.4) is 0 Å². The molecule has 21 heavy (non-hydrogen) atoms. The molecule has 0 radical (unpaired) electrons. The van der Waals surface area contributed by atoms with E-state index in [1.807, 2.05) is 0 Å². The first-order chi connectivity index (χ1) is 9.79. The third kappa shape index (κ3) is 3.45. The van der Waals surface area contributed by atoms with Gasteiger partial charge in [0.05, 0.1) is 11.3 Å². The highest BCUT2D eigenvalue weighted by Crippen LogP contribution is 2.28. The van der Waals surface area contributed by atoms with E-state index in [0.717, 1.165) is 0 Å². The summed E-state index contributed by atoms with van der Waals surface area (Å²) in [5.41, 5.74) is 0.434. The monoisotopic (exact) mass is 306 g/mol. The fraction of sp³-hybridized carbons (Fsp3) is 0.143. The number of carbonyl (C=O) groups is 2. The molecule has 0 aliphatic carbocycles. The molecule has 0 spiro atoms. The summed E-state index contributed by atoms with van der Waals surface area (Å²) >= 11 is 0. The molecule has 0 aliphatic rings. The van der Waals surface area contributed by atoms with Gasteiger partial charge in [-0.1, -0.05) is 24.3 Å². The van der Waals surface area contributed by atoms with Gasteiger partial charge in [0.2, 0.25) is 15.9 Å². The van der Waals surface area contributed by atoms with Crippen LogP contribution < -0.4 is 10.5 Å². The molecule has 2 aromatic carbocycles. The summed E-state index contributed by atoms with van der Waals surface area (Å²) in [5, 5.41) is 8.74. The van der Waals surface area contributed by atoms with Gasteiger partial charge < -0.3 is 5.32 Å². The standard InChI is InChI=1S/C14H14N2O4S/c1-9(17)8-14(18)16-12-6-2-5-11-10(12)4-3-7-13(11)21(15,19)20/h2-7H,8H2,1H3,(H,16,18)(H2,15,19,20). The van der Waals surface area contributed by atoms with Crippen molar-refractivity contribution in [1.82, 2.24) is 0 Å². The molecule has 110 valence electrons. The van der Waals surface area contributed by atoms with Crippen LogP contribution in [0.4, 0.5) is 5.69 Å². The molecule has 0 fully saturated rings. The molecule has 0 aromatic heterocycles. The van der Waals surface area contributed by atoms with Gasteiger partial charge in [-0.2, -0.15) is 0 Å². The Bertz CT molecular complexity index is 828. The topological polar surface area (TPSA) is 106 Å². The summed E-state index contributed by atoms with van der Waals surface area (Å²) in [4.78, 5) is 22.6. The van der Waals surface area contributed by atoms with Crippen molar-refractivity contribution in [3.05, 3.63) is 36.4 Å². The molecule has 0 unspecified atom stereocenters. The van der Waals surface area contributed by atoms with Crippen molar-refractivity contribution >= 4 is 38.2 Å². The van der Waals surface area contributed by atoms with Crippen molar-refractivity contribution in [1.29, 1.82) is 0 Å². The Hall–Kier alpha value is -2.25. The second-order valence-electron chi connectivity index (χ2n) is 4.63. The average Bonchev–Trinajstić information content (AvgIpc) is 2.36. The molecule has 1 amide bonds. The van der Waals surface area contributed by atoms with Crippen molar-refractivity contribution in [3.63, 3.8) is 0 Å². The number of sulfonamides is 1. The van der Waals surface area contributed by atoms with Crippen LogP contribution in [0.2, 0.25) is 0 Å². The maximum absolute atomic E-state index is 11.7. The molecule has 0 bridgehead atoms. The molecule has 6 nitrogen and oxygen atoms in total. The van der Waals surface area contributed by atoms with Gasteiger partial charge in [-0.25, -0.2) is 13.6 Å². The molecule has 0 atom stereocenters. The van der Waals surface area contributed by atoms with Gasteiger partial charge in [0, 0.05) is 16.5 Å². The molecular weight excluding hydrogens is 292 g/mol. The minimum absolute atomic E-state index is 0.0114. The van der Waals surface area contributed by atoms with E-state index in [9.17, 15) is 18.0 Å². The lowest BCUT2D eigenvalue weighted by Gasteiger charge is -2.10.